The highest BCUT2D eigenvalue weighted by molar-refractivity contribution is 5.20. The summed E-state index contributed by atoms with van der Waals surface area (Å²) in [5.74, 6) is 0.474. The fourth-order valence-electron chi connectivity index (χ4n) is 3.10. The van der Waals surface area contributed by atoms with E-state index in [0.717, 1.165) is 18.8 Å². The fraction of sp³-hybridized carbons (Fsp3) is 0.529. The van der Waals surface area contributed by atoms with Crippen molar-refractivity contribution >= 4 is 0 Å². The average molecular weight is 289 g/mol. The van der Waals surface area contributed by atoms with Crippen LogP contribution in [0.2, 0.25) is 0 Å². The van der Waals surface area contributed by atoms with E-state index in [1.165, 1.54) is 5.56 Å². The Morgan fingerprint density at radius 3 is 2.67 bits per heavy atom. The van der Waals surface area contributed by atoms with Gasteiger partial charge in [-0.15, -0.1) is 0 Å². The molecule has 1 aromatic rings. The molecule has 0 spiro atoms. The van der Waals surface area contributed by atoms with Crippen molar-refractivity contribution < 1.29 is 14.2 Å². The minimum absolute atomic E-state index is 0.0115. The first-order chi connectivity index (χ1) is 10.1. The second-order valence-corrected chi connectivity index (χ2v) is 6.04. The lowest BCUT2D eigenvalue weighted by molar-refractivity contribution is -0.145. The van der Waals surface area contributed by atoms with Gasteiger partial charge in [0.2, 0.25) is 0 Å². The maximum atomic E-state index is 6.05. The summed E-state index contributed by atoms with van der Waals surface area (Å²) >= 11 is 0. The van der Waals surface area contributed by atoms with Crippen LogP contribution >= 0.6 is 0 Å². The van der Waals surface area contributed by atoms with Gasteiger partial charge in [-0.1, -0.05) is 30.3 Å². The molecule has 0 aromatic heterocycles. The van der Waals surface area contributed by atoms with Gasteiger partial charge in [0.05, 0.1) is 19.8 Å². The summed E-state index contributed by atoms with van der Waals surface area (Å²) in [5.41, 5.74) is 1.30. The molecule has 0 amide bonds. The molecular formula is C17H23NO3. The van der Waals surface area contributed by atoms with Gasteiger partial charge in [-0.05, 0) is 25.5 Å². The molecule has 2 atom stereocenters. The molecule has 1 fully saturated rings. The Hall–Kier alpha value is -1.36. The number of benzene rings is 1. The van der Waals surface area contributed by atoms with E-state index in [9.17, 15) is 0 Å². The highest BCUT2D eigenvalue weighted by atomic mass is 16.7. The molecule has 0 aliphatic carbocycles. The van der Waals surface area contributed by atoms with E-state index in [2.05, 4.69) is 35.2 Å². The molecule has 3 rings (SSSR count). The van der Waals surface area contributed by atoms with Crippen molar-refractivity contribution in [3.05, 3.63) is 47.7 Å². The lowest BCUT2D eigenvalue weighted by Crippen LogP contribution is -2.43. The maximum absolute atomic E-state index is 6.05. The molecule has 2 aliphatic rings. The van der Waals surface area contributed by atoms with Gasteiger partial charge in [0.15, 0.2) is 5.79 Å². The highest BCUT2D eigenvalue weighted by Gasteiger charge is 2.43. The Morgan fingerprint density at radius 2 is 2.05 bits per heavy atom. The van der Waals surface area contributed by atoms with Crippen LogP contribution in [0.5, 0.6) is 0 Å². The van der Waals surface area contributed by atoms with Gasteiger partial charge in [0, 0.05) is 13.1 Å². The third-order valence-electron chi connectivity index (χ3n) is 4.06. The van der Waals surface area contributed by atoms with Crippen molar-refractivity contribution in [3.63, 3.8) is 0 Å². The summed E-state index contributed by atoms with van der Waals surface area (Å²) in [6, 6.07) is 10.6. The number of ether oxygens (including phenoxy) is 3. The van der Waals surface area contributed by atoms with Gasteiger partial charge in [-0.2, -0.15) is 0 Å². The number of hydrogen-bond donors (Lipinski definition) is 0. The lowest BCUT2D eigenvalue weighted by Gasteiger charge is -2.30. The van der Waals surface area contributed by atoms with Crippen LogP contribution in [0.25, 0.3) is 0 Å². The van der Waals surface area contributed by atoms with Crippen molar-refractivity contribution in [1.82, 2.24) is 4.90 Å². The van der Waals surface area contributed by atoms with Crippen LogP contribution in [-0.2, 0) is 20.8 Å². The lowest BCUT2D eigenvalue weighted by atomic mass is 10.1. The van der Waals surface area contributed by atoms with Crippen LogP contribution in [0.3, 0.4) is 0 Å². The van der Waals surface area contributed by atoms with Gasteiger partial charge in [0.25, 0.3) is 0 Å². The van der Waals surface area contributed by atoms with Crippen LogP contribution in [0.4, 0.5) is 0 Å². The molecular weight excluding hydrogens is 266 g/mol. The first-order valence-electron chi connectivity index (χ1n) is 7.43. The molecule has 2 aliphatic heterocycles. The topological polar surface area (TPSA) is 30.9 Å². The van der Waals surface area contributed by atoms with E-state index < -0.39 is 5.79 Å². The molecule has 0 N–H and O–H groups in total. The van der Waals surface area contributed by atoms with E-state index in [-0.39, 0.29) is 12.1 Å². The van der Waals surface area contributed by atoms with Gasteiger partial charge in [-0.3, -0.25) is 4.90 Å². The van der Waals surface area contributed by atoms with Crippen molar-refractivity contribution in [3.8, 4) is 0 Å². The van der Waals surface area contributed by atoms with Crippen LogP contribution in [0, 0.1) is 0 Å². The van der Waals surface area contributed by atoms with Gasteiger partial charge < -0.3 is 14.2 Å². The molecule has 0 radical (unpaired) electrons. The van der Waals surface area contributed by atoms with E-state index >= 15 is 0 Å². The molecule has 21 heavy (non-hydrogen) atoms. The minimum Gasteiger partial charge on any atom is -0.500 e. The van der Waals surface area contributed by atoms with Crippen LogP contribution < -0.4 is 0 Å². The monoisotopic (exact) mass is 289 g/mol. The number of hydrogen-bond acceptors (Lipinski definition) is 4. The molecule has 1 saturated heterocycles. The van der Waals surface area contributed by atoms with Gasteiger partial charge >= 0.3 is 0 Å². The molecule has 2 heterocycles. The standard InChI is InChI=1S/C17H23NO3/c1-17(2)20-12-15(21-17)16-14(19-3)9-10-18(16)11-13-7-5-4-6-8-13/h4-9,15-16H,10-12H2,1-3H3/t15-,16-/m1/s1. The van der Waals surface area contributed by atoms with Gasteiger partial charge in [-0.25, -0.2) is 0 Å². The molecule has 114 valence electrons. The van der Waals surface area contributed by atoms with E-state index in [0.29, 0.717) is 6.61 Å². The van der Waals surface area contributed by atoms with Gasteiger partial charge in [0.1, 0.15) is 11.9 Å². The van der Waals surface area contributed by atoms with Crippen molar-refractivity contribution in [2.45, 2.75) is 38.3 Å². The third-order valence-corrected chi connectivity index (χ3v) is 4.06. The first-order valence-corrected chi connectivity index (χ1v) is 7.43. The largest absolute Gasteiger partial charge is 0.500 e. The van der Waals surface area contributed by atoms with Crippen LogP contribution in [0.15, 0.2) is 42.2 Å². The average Bonchev–Trinajstić information content (AvgIpc) is 3.02. The van der Waals surface area contributed by atoms with Crippen molar-refractivity contribution in [2.75, 3.05) is 20.3 Å². The zero-order valence-corrected chi connectivity index (χ0v) is 12.9. The SMILES string of the molecule is COC1=CCN(Cc2ccccc2)[C@H]1[C@H]1COC(C)(C)O1. The summed E-state index contributed by atoms with van der Waals surface area (Å²) in [5, 5.41) is 0. The Bertz CT molecular complexity index is 512. The Labute approximate surface area is 126 Å². The normalized spacial score (nSPS) is 28.6. The molecule has 4 heteroatoms. The van der Waals surface area contributed by atoms with Crippen LogP contribution in [-0.4, -0.2) is 43.1 Å². The first kappa shape index (κ1) is 14.6. The second kappa shape index (κ2) is 5.79. The minimum atomic E-state index is -0.509. The molecule has 4 nitrogen and oxygen atoms in total. The van der Waals surface area contributed by atoms with E-state index in [1.54, 1.807) is 7.11 Å². The second-order valence-electron chi connectivity index (χ2n) is 6.04. The van der Waals surface area contributed by atoms with E-state index in [4.69, 9.17) is 14.2 Å². The third kappa shape index (κ3) is 3.12. The summed E-state index contributed by atoms with van der Waals surface area (Å²) in [7, 11) is 1.73. The zero-order chi connectivity index (χ0) is 14.9. The summed E-state index contributed by atoms with van der Waals surface area (Å²) in [6.07, 6.45) is 2.15. The fourth-order valence-corrected chi connectivity index (χ4v) is 3.10. The molecule has 0 unspecified atom stereocenters. The molecule has 1 aromatic carbocycles. The summed E-state index contributed by atoms with van der Waals surface area (Å²) in [6.45, 7) is 6.28. The Kier molecular flexibility index (Phi) is 4.02. The Balaban J connectivity index is 1.75. The molecule has 0 saturated carbocycles. The predicted molar refractivity (Wildman–Crippen MR) is 80.6 cm³/mol. The quantitative estimate of drug-likeness (QED) is 0.852. The van der Waals surface area contributed by atoms with Crippen molar-refractivity contribution in [1.29, 1.82) is 0 Å². The summed E-state index contributed by atoms with van der Waals surface area (Å²) in [4.78, 5) is 2.38. The number of methoxy groups -OCH3 is 1. The predicted octanol–water partition coefficient (Wildman–Crippen LogP) is 2.55. The maximum Gasteiger partial charge on any atom is 0.163 e. The number of rotatable bonds is 4. The summed E-state index contributed by atoms with van der Waals surface area (Å²) < 4.78 is 17.3. The van der Waals surface area contributed by atoms with Crippen molar-refractivity contribution in [2.24, 2.45) is 0 Å². The molecule has 0 bridgehead atoms. The zero-order valence-electron chi connectivity index (χ0n) is 12.9. The Morgan fingerprint density at radius 1 is 1.29 bits per heavy atom. The highest BCUT2D eigenvalue weighted by Crippen LogP contribution is 2.32. The number of nitrogens with zero attached hydrogens (tertiary/aromatic N) is 1. The van der Waals surface area contributed by atoms with E-state index in [1.807, 2.05) is 19.9 Å². The smallest absolute Gasteiger partial charge is 0.163 e. The van der Waals surface area contributed by atoms with Crippen LogP contribution in [0.1, 0.15) is 19.4 Å².